The summed E-state index contributed by atoms with van der Waals surface area (Å²) < 4.78 is 11.0. The van der Waals surface area contributed by atoms with E-state index in [4.69, 9.17) is 0 Å². The smallest absolute Gasteiger partial charge is 0.139 e. The number of ketones is 1. The molecule has 0 aromatic heterocycles. The van der Waals surface area contributed by atoms with Crippen LogP contribution in [0.4, 0.5) is 0 Å². The summed E-state index contributed by atoms with van der Waals surface area (Å²) in [4.78, 5) is 10.7. The molecule has 54 valence electrons. The summed E-state index contributed by atoms with van der Waals surface area (Å²) in [6.07, 6.45) is 0.773. The molecule has 0 unspecified atom stereocenters. The van der Waals surface area contributed by atoms with Crippen molar-refractivity contribution in [3.63, 3.8) is 0 Å². The number of hydrogen-bond donors (Lipinski definition) is 0. The third-order valence-corrected chi connectivity index (χ3v) is 2.07. The molecule has 0 atom stereocenters. The molecule has 0 N–H and O–H groups in total. The Balaban J connectivity index is 3.75. The molecule has 0 saturated heterocycles. The van der Waals surface area contributed by atoms with Gasteiger partial charge in [0, 0.05) is 6.42 Å². The Labute approximate surface area is 56.0 Å². The van der Waals surface area contributed by atoms with Crippen molar-refractivity contribution in [2.45, 2.75) is 13.3 Å². The summed E-state index contributed by atoms with van der Waals surface area (Å²) in [5.41, 5.74) is 0. The summed E-state index contributed by atoms with van der Waals surface area (Å²) in [5.74, 6) is 0.100. The van der Waals surface area contributed by atoms with Crippen LogP contribution in [0.2, 0.25) is 0 Å². The lowest BCUT2D eigenvalue weighted by Crippen LogP contribution is -2.01. The zero-order valence-corrected chi connectivity index (χ0v) is 7.07. The van der Waals surface area contributed by atoms with E-state index in [0.29, 0.717) is 6.42 Å². The van der Waals surface area contributed by atoms with Gasteiger partial charge < -0.3 is 4.57 Å². The molecule has 0 aliphatic carbocycles. The van der Waals surface area contributed by atoms with Gasteiger partial charge in [0.25, 0.3) is 0 Å². The average molecular weight is 148 g/mol. The maximum absolute atomic E-state index is 11.0. The van der Waals surface area contributed by atoms with Crippen LogP contribution in [0, 0.1) is 0 Å². The second-order valence-corrected chi connectivity index (χ2v) is 6.09. The van der Waals surface area contributed by atoms with Gasteiger partial charge in [0.1, 0.15) is 5.78 Å². The maximum atomic E-state index is 11.0. The largest absolute Gasteiger partial charge is 0.324 e. The highest BCUT2D eigenvalue weighted by molar-refractivity contribution is 7.63. The fourth-order valence-electron chi connectivity index (χ4n) is 0.537. The number of carbonyl (C=O) groups excluding carboxylic acids is 1. The van der Waals surface area contributed by atoms with Gasteiger partial charge in [-0.1, -0.05) is 6.92 Å². The van der Waals surface area contributed by atoms with Gasteiger partial charge in [-0.2, -0.15) is 0 Å². The first-order chi connectivity index (χ1) is 3.95. The van der Waals surface area contributed by atoms with E-state index in [9.17, 15) is 9.36 Å². The molecule has 2 nitrogen and oxygen atoms in total. The molecule has 0 radical (unpaired) electrons. The molecule has 0 saturated carbocycles. The van der Waals surface area contributed by atoms with Crippen LogP contribution in [0.1, 0.15) is 13.3 Å². The van der Waals surface area contributed by atoms with Crippen molar-refractivity contribution in [1.29, 1.82) is 0 Å². The first kappa shape index (κ1) is 8.90. The Kier molecular flexibility index (Phi) is 3.13. The highest BCUT2D eigenvalue weighted by Crippen LogP contribution is 2.35. The molecule has 0 aliphatic heterocycles. The molecule has 0 aromatic carbocycles. The Morgan fingerprint density at radius 3 is 2.00 bits per heavy atom. The third-order valence-electron chi connectivity index (χ3n) is 0.951. The van der Waals surface area contributed by atoms with E-state index in [1.165, 1.54) is 0 Å². The minimum absolute atomic E-state index is 0.100. The number of Topliss-reactive ketones (excluding diaryl/α,β-unsaturated/α-hetero) is 1. The molecule has 0 heterocycles. The van der Waals surface area contributed by atoms with Gasteiger partial charge >= 0.3 is 0 Å². The molecule has 0 fully saturated rings. The highest BCUT2D eigenvalue weighted by Gasteiger charge is 2.10. The Bertz CT molecular complexity index is 145. The van der Waals surface area contributed by atoms with Gasteiger partial charge in [0.2, 0.25) is 0 Å². The molecule has 9 heavy (non-hydrogen) atoms. The molecule has 0 bridgehead atoms. The van der Waals surface area contributed by atoms with E-state index >= 15 is 0 Å². The second kappa shape index (κ2) is 3.17. The van der Waals surface area contributed by atoms with E-state index in [0.717, 1.165) is 0 Å². The fraction of sp³-hybridized carbons (Fsp3) is 0.833. The van der Waals surface area contributed by atoms with Crippen LogP contribution >= 0.6 is 7.14 Å². The van der Waals surface area contributed by atoms with Crippen LogP contribution in [0.5, 0.6) is 0 Å². The SMILES string of the molecule is CCC(=O)CP(C)(C)=O. The summed E-state index contributed by atoms with van der Waals surface area (Å²) in [7, 11) is -2.09. The van der Waals surface area contributed by atoms with E-state index in [1.54, 1.807) is 20.3 Å². The lowest BCUT2D eigenvalue weighted by molar-refractivity contribution is -0.116. The Morgan fingerprint density at radius 2 is 1.89 bits per heavy atom. The predicted octanol–water partition coefficient (Wildman–Crippen LogP) is 1.59. The molecule has 0 amide bonds. The van der Waals surface area contributed by atoms with E-state index < -0.39 is 7.14 Å². The normalized spacial score (nSPS) is 11.4. The number of carbonyl (C=O) groups is 1. The third kappa shape index (κ3) is 5.78. The quantitative estimate of drug-likeness (QED) is 0.569. The second-order valence-electron chi connectivity index (χ2n) is 2.62. The van der Waals surface area contributed by atoms with Crippen LogP contribution in [0.15, 0.2) is 0 Å². The maximum Gasteiger partial charge on any atom is 0.139 e. The van der Waals surface area contributed by atoms with Crippen molar-refractivity contribution in [3.8, 4) is 0 Å². The molecule has 3 heteroatoms. The van der Waals surface area contributed by atoms with Gasteiger partial charge in [0.15, 0.2) is 0 Å². The standard InChI is InChI=1S/C6H13O2P/c1-4-6(7)5-9(2,3)8/h4-5H2,1-3H3. The number of hydrogen-bond acceptors (Lipinski definition) is 2. The molecular weight excluding hydrogens is 135 g/mol. The van der Waals surface area contributed by atoms with Crippen LogP contribution in [0.3, 0.4) is 0 Å². The Morgan fingerprint density at radius 1 is 1.44 bits per heavy atom. The van der Waals surface area contributed by atoms with Crippen molar-refractivity contribution >= 4 is 12.9 Å². The van der Waals surface area contributed by atoms with Crippen molar-refractivity contribution < 1.29 is 9.36 Å². The minimum atomic E-state index is -2.09. The molecule has 0 aromatic rings. The molecule has 0 spiro atoms. The summed E-state index contributed by atoms with van der Waals surface area (Å²) in [6, 6.07) is 0. The van der Waals surface area contributed by atoms with Crippen LogP contribution in [-0.2, 0) is 9.36 Å². The summed E-state index contributed by atoms with van der Waals surface area (Å²) in [6.45, 7) is 5.07. The molecule has 0 aliphatic rings. The van der Waals surface area contributed by atoms with Crippen molar-refractivity contribution in [3.05, 3.63) is 0 Å². The van der Waals surface area contributed by atoms with E-state index in [1.807, 2.05) is 0 Å². The first-order valence-corrected chi connectivity index (χ1v) is 5.80. The zero-order valence-electron chi connectivity index (χ0n) is 6.18. The molecular formula is C6H13O2P. The van der Waals surface area contributed by atoms with Crippen molar-refractivity contribution in [1.82, 2.24) is 0 Å². The molecule has 0 rings (SSSR count). The number of rotatable bonds is 3. The predicted molar refractivity (Wildman–Crippen MR) is 39.6 cm³/mol. The summed E-state index contributed by atoms with van der Waals surface area (Å²) >= 11 is 0. The monoisotopic (exact) mass is 148 g/mol. The van der Waals surface area contributed by atoms with E-state index in [-0.39, 0.29) is 11.9 Å². The van der Waals surface area contributed by atoms with Gasteiger partial charge in [-0.05, 0) is 13.3 Å². The fourth-order valence-corrected chi connectivity index (χ4v) is 1.61. The van der Waals surface area contributed by atoms with Crippen molar-refractivity contribution in [2.75, 3.05) is 19.5 Å². The van der Waals surface area contributed by atoms with E-state index in [2.05, 4.69) is 0 Å². The lowest BCUT2D eigenvalue weighted by Gasteiger charge is -2.01. The topological polar surface area (TPSA) is 34.1 Å². The zero-order chi connectivity index (χ0) is 7.49. The summed E-state index contributed by atoms with van der Waals surface area (Å²) in [5, 5.41) is 0. The average Bonchev–Trinajstić information content (AvgIpc) is 1.62. The van der Waals surface area contributed by atoms with Gasteiger partial charge in [0.05, 0.1) is 13.3 Å². The first-order valence-electron chi connectivity index (χ1n) is 3.01. The highest BCUT2D eigenvalue weighted by atomic mass is 31.2. The Hall–Kier alpha value is -0.100. The van der Waals surface area contributed by atoms with Gasteiger partial charge in [-0.15, -0.1) is 0 Å². The van der Waals surface area contributed by atoms with Crippen LogP contribution < -0.4 is 0 Å². The minimum Gasteiger partial charge on any atom is -0.324 e. The van der Waals surface area contributed by atoms with Crippen LogP contribution in [-0.4, -0.2) is 25.3 Å². The van der Waals surface area contributed by atoms with Gasteiger partial charge in [-0.3, -0.25) is 4.79 Å². The lowest BCUT2D eigenvalue weighted by atomic mass is 10.4. The van der Waals surface area contributed by atoms with Crippen LogP contribution in [0.25, 0.3) is 0 Å². The van der Waals surface area contributed by atoms with Gasteiger partial charge in [-0.25, -0.2) is 0 Å². The van der Waals surface area contributed by atoms with Crippen molar-refractivity contribution in [2.24, 2.45) is 0 Å².